The summed E-state index contributed by atoms with van der Waals surface area (Å²) in [7, 11) is -5.25. The molecule has 0 unspecified atom stereocenters. The molecule has 1 N–H and O–H groups in total. The molecule has 0 fully saturated rings. The van der Waals surface area contributed by atoms with Gasteiger partial charge in [0.1, 0.15) is 21.6 Å². The van der Waals surface area contributed by atoms with E-state index in [9.17, 15) is 33.3 Å². The molecule has 0 saturated heterocycles. The van der Waals surface area contributed by atoms with E-state index < -0.39 is 37.1 Å². The van der Waals surface area contributed by atoms with Crippen LogP contribution in [0.15, 0.2) is 45.5 Å². The average Bonchev–Trinajstić information content (AvgIpc) is 2.52. The summed E-state index contributed by atoms with van der Waals surface area (Å²) in [6.07, 6.45) is 0. The third-order valence-corrected chi connectivity index (χ3v) is 4.45. The minimum Gasteiger partial charge on any atom is -0.870 e. The molecule has 0 spiro atoms. The number of hydrogen-bond donors (Lipinski definition) is 1. The van der Waals surface area contributed by atoms with Crippen molar-refractivity contribution in [3.8, 4) is 11.5 Å². The summed E-state index contributed by atoms with van der Waals surface area (Å²) in [5.74, 6) is -1.58. The van der Waals surface area contributed by atoms with Crippen LogP contribution in [0, 0.1) is 10.1 Å². The number of nitrogens with zero attached hydrogens (tertiary/aromatic N) is 3. The SMILES string of the molecule is CC(C)(C)c1ccc(O)c(N=Nc2cc([N+](=O)[O-])cc(S(=O)(=O)[O-])c2[O-])c1.[K+].[K+]. The van der Waals surface area contributed by atoms with Gasteiger partial charge in [0.15, 0.2) is 0 Å². The van der Waals surface area contributed by atoms with Crippen molar-refractivity contribution in [2.24, 2.45) is 10.2 Å². The largest absolute Gasteiger partial charge is 1.00 e. The molecular weight excluding hydrogens is 456 g/mol. The average molecular weight is 472 g/mol. The first kappa shape index (κ1) is 29.2. The second-order valence-electron chi connectivity index (χ2n) is 6.66. The maximum Gasteiger partial charge on any atom is 1.00 e. The molecule has 0 saturated carbocycles. The fraction of sp³-hybridized carbons (Fsp3) is 0.250. The number of hydrogen-bond acceptors (Lipinski definition) is 9. The number of phenolic OH excluding ortho intramolecular Hbond substituents is 1. The number of aromatic hydroxyl groups is 1. The van der Waals surface area contributed by atoms with Gasteiger partial charge in [0.25, 0.3) is 5.69 Å². The molecule has 0 amide bonds. The van der Waals surface area contributed by atoms with E-state index in [1.54, 1.807) is 6.07 Å². The zero-order valence-corrected chi connectivity index (χ0v) is 23.6. The van der Waals surface area contributed by atoms with E-state index in [0.29, 0.717) is 12.1 Å². The van der Waals surface area contributed by atoms with Gasteiger partial charge in [0, 0.05) is 12.1 Å². The van der Waals surface area contributed by atoms with E-state index in [-0.39, 0.29) is 120 Å². The van der Waals surface area contributed by atoms with E-state index in [1.807, 2.05) is 20.8 Å². The summed E-state index contributed by atoms with van der Waals surface area (Å²) in [5, 5.41) is 40.1. The Morgan fingerprint density at radius 3 is 2.07 bits per heavy atom. The van der Waals surface area contributed by atoms with Gasteiger partial charge in [0.05, 0.1) is 15.5 Å². The Balaban J connectivity index is 0.00000392. The summed E-state index contributed by atoms with van der Waals surface area (Å²) in [6, 6.07) is 5.62. The molecule has 0 heterocycles. The van der Waals surface area contributed by atoms with Crippen LogP contribution < -0.4 is 108 Å². The van der Waals surface area contributed by atoms with Crippen LogP contribution in [0.3, 0.4) is 0 Å². The first-order chi connectivity index (χ1) is 12.3. The Hall–Kier alpha value is 0.223. The van der Waals surface area contributed by atoms with Crippen molar-refractivity contribution in [3.05, 3.63) is 46.0 Å². The molecule has 0 bridgehead atoms. The third-order valence-electron chi connectivity index (χ3n) is 3.61. The third kappa shape index (κ3) is 7.69. The predicted octanol–water partition coefficient (Wildman–Crippen LogP) is -3.00. The van der Waals surface area contributed by atoms with Gasteiger partial charge in [0.2, 0.25) is 0 Å². The standard InChI is InChI=1S/C16H17N3O7S.2K/c1-16(2,3)9-4-5-13(20)11(6-9)17-18-12-7-10(19(22)23)8-14(15(12)21)27(24,25)26;;/h4-8,20-21H,1-3H3,(H,24,25,26);;/q;2*+1/p-2. The summed E-state index contributed by atoms with van der Waals surface area (Å²) < 4.78 is 33.5. The van der Waals surface area contributed by atoms with Gasteiger partial charge in [-0.3, -0.25) is 10.1 Å². The number of benzene rings is 2. The molecule has 0 radical (unpaired) electrons. The zero-order chi connectivity index (χ0) is 20.6. The van der Waals surface area contributed by atoms with E-state index in [1.165, 1.54) is 12.1 Å². The normalized spacial score (nSPS) is 11.6. The summed E-state index contributed by atoms with van der Waals surface area (Å²) in [4.78, 5) is 8.66. The molecule has 2 rings (SSSR count). The van der Waals surface area contributed by atoms with Crippen molar-refractivity contribution in [1.29, 1.82) is 0 Å². The van der Waals surface area contributed by atoms with Crippen LogP contribution in [0.2, 0.25) is 0 Å². The smallest absolute Gasteiger partial charge is 0.870 e. The first-order valence-electron chi connectivity index (χ1n) is 7.51. The molecule has 0 aliphatic rings. The maximum absolute atomic E-state index is 12.1. The van der Waals surface area contributed by atoms with Crippen molar-refractivity contribution < 1.29 is 131 Å². The predicted molar refractivity (Wildman–Crippen MR) is 91.5 cm³/mol. The molecular formula is C16H15K2N3O7S. The van der Waals surface area contributed by atoms with E-state index in [0.717, 1.165) is 5.56 Å². The van der Waals surface area contributed by atoms with Crippen LogP contribution in [0.4, 0.5) is 17.1 Å². The number of nitro benzene ring substituents is 1. The summed E-state index contributed by atoms with van der Waals surface area (Å²) >= 11 is 0. The molecule has 2 aromatic carbocycles. The Morgan fingerprint density at radius 2 is 1.59 bits per heavy atom. The fourth-order valence-electron chi connectivity index (χ4n) is 2.12. The Morgan fingerprint density at radius 1 is 1.03 bits per heavy atom. The molecule has 29 heavy (non-hydrogen) atoms. The van der Waals surface area contributed by atoms with Crippen LogP contribution in [-0.2, 0) is 15.5 Å². The molecule has 10 nitrogen and oxygen atoms in total. The Labute approximate surface area is 252 Å². The van der Waals surface area contributed by atoms with Gasteiger partial charge in [-0.2, -0.15) is 5.11 Å². The van der Waals surface area contributed by atoms with Crippen molar-refractivity contribution in [2.75, 3.05) is 0 Å². The summed E-state index contributed by atoms with van der Waals surface area (Å²) in [6.45, 7) is 5.76. The van der Waals surface area contributed by atoms with Gasteiger partial charge in [-0.1, -0.05) is 32.6 Å². The first-order valence-corrected chi connectivity index (χ1v) is 8.92. The van der Waals surface area contributed by atoms with Crippen molar-refractivity contribution in [3.63, 3.8) is 0 Å². The van der Waals surface area contributed by atoms with Gasteiger partial charge in [-0.25, -0.2) is 8.42 Å². The monoisotopic (exact) mass is 471 g/mol. The number of nitro groups is 1. The van der Waals surface area contributed by atoms with Crippen LogP contribution in [-0.4, -0.2) is 23.0 Å². The van der Waals surface area contributed by atoms with Crippen molar-refractivity contribution in [2.45, 2.75) is 31.1 Å². The quantitative estimate of drug-likeness (QED) is 0.163. The number of azo groups is 1. The number of phenols is 1. The molecule has 144 valence electrons. The van der Waals surface area contributed by atoms with Crippen LogP contribution >= 0.6 is 0 Å². The summed E-state index contributed by atoms with van der Waals surface area (Å²) in [5.41, 5.74) is -1.03. The van der Waals surface area contributed by atoms with Crippen LogP contribution in [0.5, 0.6) is 11.5 Å². The van der Waals surface area contributed by atoms with Gasteiger partial charge in [-0.15, -0.1) is 5.11 Å². The Bertz CT molecular complexity index is 1050. The topological polar surface area (TPSA) is 168 Å². The second-order valence-corrected chi connectivity index (χ2v) is 8.00. The molecule has 0 aliphatic heterocycles. The van der Waals surface area contributed by atoms with Gasteiger partial charge >= 0.3 is 103 Å². The molecule has 0 atom stereocenters. The van der Waals surface area contributed by atoms with E-state index in [2.05, 4.69) is 10.2 Å². The number of rotatable bonds is 4. The maximum atomic E-state index is 12.1. The van der Waals surface area contributed by atoms with Crippen molar-refractivity contribution in [1.82, 2.24) is 0 Å². The zero-order valence-electron chi connectivity index (χ0n) is 16.5. The molecule has 0 aliphatic carbocycles. The molecule has 2 aromatic rings. The molecule has 13 heteroatoms. The van der Waals surface area contributed by atoms with Crippen LogP contribution in [0.1, 0.15) is 26.3 Å². The molecule has 0 aromatic heterocycles. The van der Waals surface area contributed by atoms with E-state index >= 15 is 0 Å². The van der Waals surface area contributed by atoms with Crippen LogP contribution in [0.25, 0.3) is 0 Å². The second kappa shape index (κ2) is 11.2. The minimum absolute atomic E-state index is 0. The number of non-ortho nitro benzene ring substituents is 1. The minimum atomic E-state index is -5.25. The van der Waals surface area contributed by atoms with Crippen molar-refractivity contribution >= 4 is 27.2 Å². The van der Waals surface area contributed by atoms with E-state index in [4.69, 9.17) is 0 Å². The van der Waals surface area contributed by atoms with Gasteiger partial charge in [-0.05, 0) is 23.1 Å². The fourth-order valence-corrected chi connectivity index (χ4v) is 2.71. The van der Waals surface area contributed by atoms with Gasteiger partial charge < -0.3 is 14.8 Å². The Kier molecular flexibility index (Phi) is 11.3.